The maximum absolute atomic E-state index is 14.6. The molecule has 2 saturated heterocycles. The van der Waals surface area contributed by atoms with Crippen LogP contribution in [0.15, 0.2) is 55.4 Å². The molecule has 42 heavy (non-hydrogen) atoms. The highest BCUT2D eigenvalue weighted by Crippen LogP contribution is 2.40. The largest absolute Gasteiger partial charge is 0.494 e. The molecule has 1 aromatic heterocycles. The van der Waals surface area contributed by atoms with Gasteiger partial charge in [0, 0.05) is 49.3 Å². The summed E-state index contributed by atoms with van der Waals surface area (Å²) in [6.07, 6.45) is 5.09. The van der Waals surface area contributed by atoms with Crippen molar-refractivity contribution in [3.63, 3.8) is 0 Å². The van der Waals surface area contributed by atoms with Crippen molar-refractivity contribution in [1.82, 2.24) is 14.9 Å². The van der Waals surface area contributed by atoms with E-state index in [9.17, 15) is 13.6 Å². The number of amides is 1. The minimum absolute atomic E-state index is 0.316. The molecule has 0 bridgehead atoms. The number of hydrogen-bond acceptors (Lipinski definition) is 9. The van der Waals surface area contributed by atoms with Crippen molar-refractivity contribution in [2.45, 2.75) is 31.3 Å². The molecule has 1 atom stereocenters. The predicted octanol–water partition coefficient (Wildman–Crippen LogP) is 5.04. The van der Waals surface area contributed by atoms with Crippen molar-refractivity contribution in [3.05, 3.63) is 72.6 Å². The molecule has 3 aromatic rings. The Hall–Kier alpha value is -4.29. The van der Waals surface area contributed by atoms with Crippen molar-refractivity contribution in [1.29, 1.82) is 0 Å². The van der Waals surface area contributed by atoms with Gasteiger partial charge in [-0.15, -0.1) is 0 Å². The molecule has 0 aliphatic carbocycles. The number of carbonyl (C=O) groups excluding carboxylic acids is 1. The molecule has 222 valence electrons. The predicted molar refractivity (Wildman–Crippen MR) is 158 cm³/mol. The van der Waals surface area contributed by atoms with E-state index in [1.807, 2.05) is 6.07 Å². The molecule has 5 rings (SSSR count). The summed E-state index contributed by atoms with van der Waals surface area (Å²) < 4.78 is 33.8. The quantitative estimate of drug-likeness (QED) is 0.338. The highest BCUT2D eigenvalue weighted by atomic mass is 19.1. The Bertz CT molecular complexity index is 1450. The number of benzene rings is 2. The highest BCUT2D eigenvalue weighted by molar-refractivity contribution is 6.02. The fourth-order valence-electron chi connectivity index (χ4n) is 5.43. The van der Waals surface area contributed by atoms with Gasteiger partial charge in [-0.05, 0) is 45.1 Å². The van der Waals surface area contributed by atoms with E-state index in [-0.39, 0.29) is 5.91 Å². The zero-order chi connectivity index (χ0) is 29.8. The summed E-state index contributed by atoms with van der Waals surface area (Å²) in [7, 11) is 5.76. The van der Waals surface area contributed by atoms with Gasteiger partial charge in [-0.3, -0.25) is 9.63 Å². The van der Waals surface area contributed by atoms with Crippen LogP contribution in [0, 0.1) is 11.6 Å². The fourth-order valence-corrected chi connectivity index (χ4v) is 5.43. The number of nitrogens with one attached hydrogen (secondary N) is 2. The lowest BCUT2D eigenvalue weighted by molar-refractivity contribution is -0.111. The smallest absolute Gasteiger partial charge is 0.247 e. The van der Waals surface area contributed by atoms with Gasteiger partial charge in [0.15, 0.2) is 5.82 Å². The summed E-state index contributed by atoms with van der Waals surface area (Å²) in [5.74, 6) is -0.235. The van der Waals surface area contributed by atoms with Crippen LogP contribution in [0.25, 0.3) is 0 Å². The van der Waals surface area contributed by atoms with Gasteiger partial charge in [0.05, 0.1) is 36.8 Å². The topological polar surface area (TPSA) is 95.1 Å². The van der Waals surface area contributed by atoms with Gasteiger partial charge in [0.1, 0.15) is 29.5 Å². The van der Waals surface area contributed by atoms with Gasteiger partial charge in [-0.2, -0.15) is 0 Å². The SMILES string of the molecule is C=CC(=O)Nc1cc(Nc2cc(N3OCC[C@@H]3c3ccc(F)cc3F)ncn2)c(OC)cc1N1CCC(N(C)C)CC1. The third-order valence-corrected chi connectivity index (χ3v) is 7.66. The number of nitrogens with zero attached hydrogens (tertiary/aromatic N) is 5. The first kappa shape index (κ1) is 29.2. The molecular weight excluding hydrogens is 544 g/mol. The number of aromatic nitrogens is 2. The summed E-state index contributed by atoms with van der Waals surface area (Å²) in [5.41, 5.74) is 2.34. The van der Waals surface area contributed by atoms with Crippen molar-refractivity contribution < 1.29 is 23.1 Å². The molecule has 10 nitrogen and oxygen atoms in total. The second-order valence-electron chi connectivity index (χ2n) is 10.5. The van der Waals surface area contributed by atoms with Crippen molar-refractivity contribution in [2.24, 2.45) is 0 Å². The molecule has 0 unspecified atom stereocenters. The standard InChI is InChI=1S/C30H35F2N7O3/c1-5-30(40)36-23-15-24(27(41-4)16-26(23)38-11-8-20(9-12-38)37(2)3)35-28-17-29(34-18-33-28)39-25(10-13-42-39)21-7-6-19(31)14-22(21)32/h5-7,14-18,20,25H,1,8-13H2,2-4H3,(H,36,40)(H,33,34,35)/t25-/m1/s1. The molecule has 12 heteroatoms. The Kier molecular flexibility index (Phi) is 8.83. The van der Waals surface area contributed by atoms with Crippen molar-refractivity contribution in [3.8, 4) is 5.75 Å². The van der Waals surface area contributed by atoms with Crippen LogP contribution in [0.4, 0.5) is 37.5 Å². The highest BCUT2D eigenvalue weighted by Gasteiger charge is 2.31. The molecule has 2 N–H and O–H groups in total. The molecule has 2 fully saturated rings. The molecule has 2 aliphatic rings. The molecule has 0 spiro atoms. The Morgan fingerprint density at radius 1 is 1.12 bits per heavy atom. The Morgan fingerprint density at radius 3 is 2.60 bits per heavy atom. The van der Waals surface area contributed by atoms with Crippen LogP contribution >= 0.6 is 0 Å². The van der Waals surface area contributed by atoms with Gasteiger partial charge in [0.25, 0.3) is 0 Å². The lowest BCUT2D eigenvalue weighted by atomic mass is 10.0. The van der Waals surface area contributed by atoms with E-state index in [0.717, 1.165) is 37.7 Å². The van der Waals surface area contributed by atoms with Crippen LogP contribution < -0.4 is 25.3 Å². The zero-order valence-corrected chi connectivity index (χ0v) is 23.9. The number of methoxy groups -OCH3 is 1. The second kappa shape index (κ2) is 12.7. The lowest BCUT2D eigenvalue weighted by Crippen LogP contribution is -2.42. The van der Waals surface area contributed by atoms with E-state index in [2.05, 4.69) is 51.1 Å². The summed E-state index contributed by atoms with van der Waals surface area (Å²) in [6, 6.07) is 8.90. The van der Waals surface area contributed by atoms with E-state index in [1.165, 1.54) is 29.6 Å². The number of hydroxylamine groups is 1. The zero-order valence-electron chi connectivity index (χ0n) is 23.9. The first-order chi connectivity index (χ1) is 20.3. The van der Waals surface area contributed by atoms with Gasteiger partial charge in [-0.25, -0.2) is 23.8 Å². The lowest BCUT2D eigenvalue weighted by Gasteiger charge is -2.37. The van der Waals surface area contributed by atoms with E-state index in [1.54, 1.807) is 19.2 Å². The van der Waals surface area contributed by atoms with Crippen LogP contribution in [-0.2, 0) is 9.63 Å². The maximum atomic E-state index is 14.6. The normalized spacial score (nSPS) is 17.4. The van der Waals surface area contributed by atoms with Crippen LogP contribution in [0.1, 0.15) is 30.9 Å². The number of carbonyl (C=O) groups is 1. The summed E-state index contributed by atoms with van der Waals surface area (Å²) >= 11 is 0. The fraction of sp³-hybridized carbons (Fsp3) is 0.367. The first-order valence-corrected chi connectivity index (χ1v) is 13.8. The Balaban J connectivity index is 1.43. The third kappa shape index (κ3) is 6.29. The van der Waals surface area contributed by atoms with Crippen LogP contribution in [0.5, 0.6) is 5.75 Å². The van der Waals surface area contributed by atoms with Crippen molar-refractivity contribution in [2.75, 3.05) is 61.5 Å². The van der Waals surface area contributed by atoms with Crippen LogP contribution in [-0.4, -0.2) is 67.7 Å². The number of rotatable bonds is 9. The maximum Gasteiger partial charge on any atom is 0.247 e. The molecule has 2 aromatic carbocycles. The summed E-state index contributed by atoms with van der Waals surface area (Å²) in [5, 5.41) is 7.70. The minimum Gasteiger partial charge on any atom is -0.494 e. The van der Waals surface area contributed by atoms with Gasteiger partial charge in [0.2, 0.25) is 5.91 Å². The monoisotopic (exact) mass is 579 g/mol. The van der Waals surface area contributed by atoms with E-state index < -0.39 is 17.7 Å². The third-order valence-electron chi connectivity index (χ3n) is 7.66. The molecule has 1 amide bonds. The number of piperidine rings is 1. The van der Waals surface area contributed by atoms with E-state index in [4.69, 9.17) is 9.57 Å². The molecular formula is C30H35F2N7O3. The summed E-state index contributed by atoms with van der Waals surface area (Å²) in [6.45, 7) is 5.60. The van der Waals surface area contributed by atoms with Gasteiger partial charge in [-0.1, -0.05) is 12.6 Å². The first-order valence-electron chi connectivity index (χ1n) is 13.8. The van der Waals surface area contributed by atoms with E-state index >= 15 is 0 Å². The average molecular weight is 580 g/mol. The van der Waals surface area contributed by atoms with E-state index in [0.29, 0.717) is 53.4 Å². The molecule has 0 radical (unpaired) electrons. The number of ether oxygens (including phenoxy) is 1. The van der Waals surface area contributed by atoms with Gasteiger partial charge >= 0.3 is 0 Å². The average Bonchev–Trinajstić information content (AvgIpc) is 3.47. The minimum atomic E-state index is -0.646. The van der Waals surface area contributed by atoms with Crippen LogP contribution in [0.3, 0.4) is 0 Å². The van der Waals surface area contributed by atoms with Crippen LogP contribution in [0.2, 0.25) is 0 Å². The van der Waals surface area contributed by atoms with Crippen molar-refractivity contribution >= 4 is 34.6 Å². The number of anilines is 5. The Labute approximate surface area is 243 Å². The number of halogens is 2. The molecule has 0 saturated carbocycles. The number of hydrogen-bond donors (Lipinski definition) is 2. The second-order valence-corrected chi connectivity index (χ2v) is 10.5. The van der Waals surface area contributed by atoms with Gasteiger partial charge < -0.3 is 25.2 Å². The molecule has 2 aliphatic heterocycles. The molecule has 3 heterocycles. The summed E-state index contributed by atoms with van der Waals surface area (Å²) in [4.78, 5) is 31.3. The Morgan fingerprint density at radius 2 is 1.90 bits per heavy atom.